The van der Waals surface area contributed by atoms with Crippen LogP contribution in [0.1, 0.15) is 54.1 Å². The van der Waals surface area contributed by atoms with Crippen molar-refractivity contribution in [1.29, 1.82) is 0 Å². The lowest BCUT2D eigenvalue weighted by Crippen LogP contribution is -2.42. The van der Waals surface area contributed by atoms with Gasteiger partial charge < -0.3 is 14.5 Å². The third-order valence-electron chi connectivity index (χ3n) is 5.71. The molecule has 0 aliphatic carbocycles. The summed E-state index contributed by atoms with van der Waals surface area (Å²) in [6.45, 7) is 2.84. The minimum atomic E-state index is -0.0659. The van der Waals surface area contributed by atoms with Crippen LogP contribution in [0.4, 0.5) is 0 Å². The fourth-order valence-electron chi connectivity index (χ4n) is 4.14. The van der Waals surface area contributed by atoms with Crippen molar-refractivity contribution >= 4 is 11.8 Å². The summed E-state index contributed by atoms with van der Waals surface area (Å²) >= 11 is 0. The van der Waals surface area contributed by atoms with Crippen molar-refractivity contribution in [1.82, 2.24) is 25.0 Å². The summed E-state index contributed by atoms with van der Waals surface area (Å²) in [5.41, 5.74) is 1.50. The van der Waals surface area contributed by atoms with Crippen LogP contribution in [-0.2, 0) is 4.79 Å². The number of nitrogens with zero attached hydrogens (tertiary/aromatic N) is 4. The highest BCUT2D eigenvalue weighted by Gasteiger charge is 2.30. The summed E-state index contributed by atoms with van der Waals surface area (Å²) in [4.78, 5) is 33.4. The second kappa shape index (κ2) is 9.07. The van der Waals surface area contributed by atoms with Crippen LogP contribution in [-0.4, -0.2) is 69.6 Å². The Balaban J connectivity index is 1.39. The monoisotopic (exact) mass is 397 g/mol. The van der Waals surface area contributed by atoms with E-state index >= 15 is 0 Å². The third-order valence-corrected chi connectivity index (χ3v) is 5.71. The van der Waals surface area contributed by atoms with Crippen LogP contribution in [0.3, 0.4) is 0 Å². The number of H-pyrrole nitrogens is 1. The Morgan fingerprint density at radius 1 is 1.10 bits per heavy atom. The zero-order valence-corrected chi connectivity index (χ0v) is 16.5. The average Bonchev–Trinajstić information content (AvgIpc) is 3.28. The van der Waals surface area contributed by atoms with E-state index in [1.54, 1.807) is 24.5 Å². The Labute approximate surface area is 170 Å². The molecule has 2 aromatic heterocycles. The molecule has 4 rings (SSSR count). The van der Waals surface area contributed by atoms with Gasteiger partial charge in [-0.3, -0.25) is 14.7 Å². The van der Waals surface area contributed by atoms with Crippen LogP contribution in [0.25, 0.3) is 0 Å². The summed E-state index contributed by atoms with van der Waals surface area (Å²) < 4.78 is 5.50. The topological polar surface area (TPSA) is 91.4 Å². The van der Waals surface area contributed by atoms with Crippen molar-refractivity contribution in [2.75, 3.05) is 32.8 Å². The molecule has 4 heterocycles. The quantitative estimate of drug-likeness (QED) is 0.835. The van der Waals surface area contributed by atoms with Crippen LogP contribution < -0.4 is 4.74 Å². The van der Waals surface area contributed by atoms with Crippen molar-refractivity contribution in [3.63, 3.8) is 0 Å². The van der Waals surface area contributed by atoms with Gasteiger partial charge in [0.25, 0.3) is 11.8 Å². The molecule has 2 aliphatic rings. The van der Waals surface area contributed by atoms with Crippen LogP contribution in [0.5, 0.6) is 5.88 Å². The zero-order chi connectivity index (χ0) is 20.1. The number of aromatic amines is 1. The summed E-state index contributed by atoms with van der Waals surface area (Å²) in [5.74, 6) is 0.505. The number of aromatic nitrogens is 3. The molecule has 2 amide bonds. The minimum absolute atomic E-state index is 0.0354. The number of hydrogen-bond acceptors (Lipinski definition) is 5. The molecule has 0 saturated carbocycles. The molecule has 1 N–H and O–H groups in total. The van der Waals surface area contributed by atoms with Gasteiger partial charge in [-0.15, -0.1) is 0 Å². The van der Waals surface area contributed by atoms with E-state index in [4.69, 9.17) is 4.74 Å². The molecule has 2 saturated heterocycles. The number of carbonyl (C=O) groups excluding carboxylic acids is 2. The van der Waals surface area contributed by atoms with Gasteiger partial charge in [0.1, 0.15) is 0 Å². The first-order chi connectivity index (χ1) is 14.2. The molecule has 2 aromatic rings. The minimum Gasteiger partial charge on any atom is -0.468 e. The van der Waals surface area contributed by atoms with Gasteiger partial charge in [-0.1, -0.05) is 6.07 Å². The highest BCUT2D eigenvalue weighted by Crippen LogP contribution is 2.29. The van der Waals surface area contributed by atoms with Crippen LogP contribution >= 0.6 is 0 Å². The summed E-state index contributed by atoms with van der Waals surface area (Å²) in [7, 11) is 0. The summed E-state index contributed by atoms with van der Waals surface area (Å²) in [5, 5.41) is 7.19. The van der Waals surface area contributed by atoms with Gasteiger partial charge in [0.15, 0.2) is 6.61 Å². The van der Waals surface area contributed by atoms with Crippen molar-refractivity contribution in [2.24, 2.45) is 0 Å². The third kappa shape index (κ3) is 4.58. The van der Waals surface area contributed by atoms with Gasteiger partial charge in [0.05, 0.1) is 17.5 Å². The summed E-state index contributed by atoms with van der Waals surface area (Å²) in [6.07, 6.45) is 8.38. The average molecular weight is 397 g/mol. The normalized spacial score (nSPS) is 19.8. The van der Waals surface area contributed by atoms with E-state index < -0.39 is 0 Å². The van der Waals surface area contributed by atoms with E-state index in [9.17, 15) is 9.59 Å². The van der Waals surface area contributed by atoms with Gasteiger partial charge in [-0.25, -0.2) is 4.98 Å². The zero-order valence-electron chi connectivity index (χ0n) is 16.5. The highest BCUT2D eigenvalue weighted by atomic mass is 16.5. The molecule has 0 spiro atoms. The number of carbonyl (C=O) groups is 2. The lowest BCUT2D eigenvalue weighted by atomic mass is 9.92. The Kier molecular flexibility index (Phi) is 6.07. The number of hydrogen-bond donors (Lipinski definition) is 1. The van der Waals surface area contributed by atoms with Gasteiger partial charge in [-0.05, 0) is 38.2 Å². The van der Waals surface area contributed by atoms with E-state index in [2.05, 4.69) is 15.2 Å². The Bertz CT molecular complexity index is 832. The number of piperidine rings is 2. The van der Waals surface area contributed by atoms with Gasteiger partial charge in [-0.2, -0.15) is 5.10 Å². The Morgan fingerprint density at radius 3 is 2.72 bits per heavy atom. The molecule has 8 heteroatoms. The number of rotatable bonds is 5. The molecule has 8 nitrogen and oxygen atoms in total. The predicted molar refractivity (Wildman–Crippen MR) is 107 cm³/mol. The van der Waals surface area contributed by atoms with E-state index in [-0.39, 0.29) is 24.3 Å². The highest BCUT2D eigenvalue weighted by molar-refractivity contribution is 5.95. The number of amides is 2. The van der Waals surface area contributed by atoms with Gasteiger partial charge >= 0.3 is 0 Å². The molecule has 1 unspecified atom stereocenters. The van der Waals surface area contributed by atoms with Gasteiger partial charge in [0, 0.05) is 44.4 Å². The second-order valence-electron chi connectivity index (χ2n) is 7.69. The fourth-order valence-corrected chi connectivity index (χ4v) is 4.14. The maximum Gasteiger partial charge on any atom is 0.260 e. The maximum atomic E-state index is 13.0. The van der Waals surface area contributed by atoms with E-state index in [0.29, 0.717) is 24.5 Å². The van der Waals surface area contributed by atoms with Crippen LogP contribution in [0, 0.1) is 0 Å². The maximum absolute atomic E-state index is 13.0. The van der Waals surface area contributed by atoms with Crippen LogP contribution in [0.15, 0.2) is 30.6 Å². The molecular formula is C21H27N5O3. The lowest BCUT2D eigenvalue weighted by molar-refractivity contribution is -0.134. The van der Waals surface area contributed by atoms with Crippen molar-refractivity contribution < 1.29 is 14.3 Å². The fraction of sp³-hybridized carbons (Fsp3) is 0.524. The molecule has 0 radical (unpaired) electrons. The molecule has 2 aliphatic heterocycles. The number of nitrogens with one attached hydrogen (secondary N) is 1. The number of pyridine rings is 1. The first kappa shape index (κ1) is 19.4. The second-order valence-corrected chi connectivity index (χ2v) is 7.69. The molecular weight excluding hydrogens is 370 g/mol. The molecule has 1 atom stereocenters. The largest absolute Gasteiger partial charge is 0.468 e. The van der Waals surface area contributed by atoms with Crippen molar-refractivity contribution in [2.45, 2.75) is 38.0 Å². The van der Waals surface area contributed by atoms with Crippen LogP contribution in [0.2, 0.25) is 0 Å². The predicted octanol–water partition coefficient (Wildman–Crippen LogP) is 2.22. The first-order valence-corrected chi connectivity index (χ1v) is 10.4. The van der Waals surface area contributed by atoms with Gasteiger partial charge in [0.2, 0.25) is 5.88 Å². The molecule has 29 heavy (non-hydrogen) atoms. The molecule has 0 aromatic carbocycles. The lowest BCUT2D eigenvalue weighted by Gasteiger charge is -2.33. The Hall–Kier alpha value is -2.90. The smallest absolute Gasteiger partial charge is 0.260 e. The van der Waals surface area contributed by atoms with Crippen molar-refractivity contribution in [3.05, 3.63) is 41.9 Å². The standard InChI is InChI=1S/C21H27N5O3/c27-19(15-29-18-8-2-3-9-22-18)26-12-6-7-16(14-26)20-17(13-23-24-20)21(28)25-10-4-1-5-11-25/h2-3,8-9,13,16H,1,4-7,10-12,14-15H2,(H,23,24). The molecule has 154 valence electrons. The number of likely N-dealkylation sites (tertiary alicyclic amines) is 2. The number of ether oxygens (including phenoxy) is 1. The summed E-state index contributed by atoms with van der Waals surface area (Å²) in [6, 6.07) is 5.36. The SMILES string of the molecule is O=C(COc1ccccn1)N1CCCC(c2[nH]ncc2C(=O)N2CCCCC2)C1. The van der Waals surface area contributed by atoms with E-state index in [1.807, 2.05) is 15.9 Å². The first-order valence-electron chi connectivity index (χ1n) is 10.4. The van der Waals surface area contributed by atoms with E-state index in [0.717, 1.165) is 44.5 Å². The van der Waals surface area contributed by atoms with E-state index in [1.165, 1.54) is 6.42 Å². The molecule has 0 bridgehead atoms. The molecule has 2 fully saturated rings. The Morgan fingerprint density at radius 2 is 1.93 bits per heavy atom. The van der Waals surface area contributed by atoms with Crippen molar-refractivity contribution in [3.8, 4) is 5.88 Å².